The maximum atomic E-state index is 11.2. The molecule has 2 fully saturated rings. The molecule has 13 heteroatoms. The van der Waals surface area contributed by atoms with Crippen molar-refractivity contribution in [2.45, 2.75) is 56.1 Å². The molecule has 0 amide bonds. The van der Waals surface area contributed by atoms with Crippen LogP contribution < -0.4 is 5.32 Å². The van der Waals surface area contributed by atoms with E-state index in [9.17, 15) is 25.0 Å². The molecule has 0 bridgehead atoms. The Hall–Kier alpha value is -0.210. The molecule has 0 radical (unpaired) electrons. The highest BCUT2D eigenvalue weighted by molar-refractivity contribution is 7.46. The van der Waals surface area contributed by atoms with Gasteiger partial charge in [-0.25, -0.2) is 4.57 Å². The van der Waals surface area contributed by atoms with E-state index in [2.05, 4.69) is 9.84 Å². The predicted octanol–water partition coefficient (Wildman–Crippen LogP) is -3.14. The lowest BCUT2D eigenvalue weighted by Gasteiger charge is -2.44. The third kappa shape index (κ3) is 4.79. The van der Waals surface area contributed by atoms with Crippen molar-refractivity contribution in [2.24, 2.45) is 5.92 Å². The summed E-state index contributed by atoms with van der Waals surface area (Å²) in [5, 5.41) is 41.7. The van der Waals surface area contributed by atoms with Crippen LogP contribution in [0.25, 0.3) is 0 Å². The molecule has 2 aliphatic rings. The Balaban J connectivity index is 2.23. The Labute approximate surface area is 149 Å². The van der Waals surface area contributed by atoms with E-state index in [1.165, 1.54) is 7.05 Å². The van der Waals surface area contributed by atoms with Crippen molar-refractivity contribution < 1.29 is 53.5 Å². The van der Waals surface area contributed by atoms with Gasteiger partial charge in [0.05, 0.1) is 25.4 Å². The number of hydrogen-bond acceptors (Lipinski definition) is 10. The summed E-state index contributed by atoms with van der Waals surface area (Å²) >= 11 is 0. The monoisotopic (exact) mass is 403 g/mol. The number of likely N-dealkylation sites (N-methyl/N-ethyl adjacent to an activating group) is 1. The lowest BCUT2D eigenvalue weighted by Crippen LogP contribution is -2.64. The highest BCUT2D eigenvalue weighted by Crippen LogP contribution is 2.42. The summed E-state index contributed by atoms with van der Waals surface area (Å²) in [5.74, 6) is -0.577. The van der Waals surface area contributed by atoms with Crippen LogP contribution >= 0.6 is 7.82 Å². The van der Waals surface area contributed by atoms with E-state index < -0.39 is 69.5 Å². The first-order valence-corrected chi connectivity index (χ1v) is 9.61. The molecule has 2 aliphatic heterocycles. The molecule has 2 rings (SSSR count). The second-order valence-corrected chi connectivity index (χ2v) is 7.46. The first-order valence-electron chi connectivity index (χ1n) is 8.08. The van der Waals surface area contributed by atoms with Gasteiger partial charge in [-0.05, 0) is 14.0 Å². The zero-order chi connectivity index (χ0) is 19.6. The van der Waals surface area contributed by atoms with Gasteiger partial charge >= 0.3 is 7.82 Å². The molecule has 0 aromatic rings. The standard InChI is InChI=1S/C13H26NO11P/c1-5-6(3-15)10(12(18)22-5)24-13-8(14-2)11(25-26(19,20)21)9(17)7(4-16)23-13/h5-18H,3-4H2,1-2H3,(H2,19,20,21)/t5-,6-,7-,8-,9-,10+,11-,12+,13-/m0/s1. The topological polar surface area (TPSA) is 187 Å². The number of phosphoric ester groups is 1. The summed E-state index contributed by atoms with van der Waals surface area (Å²) in [5.41, 5.74) is 0. The van der Waals surface area contributed by atoms with E-state index in [0.29, 0.717) is 0 Å². The largest absolute Gasteiger partial charge is 0.470 e. The molecule has 0 aliphatic carbocycles. The quantitative estimate of drug-likeness (QED) is 0.212. The fourth-order valence-corrected chi connectivity index (χ4v) is 3.80. The maximum absolute atomic E-state index is 11.2. The van der Waals surface area contributed by atoms with Crippen molar-refractivity contribution in [3.8, 4) is 0 Å². The maximum Gasteiger partial charge on any atom is 0.470 e. The Kier molecular flexibility index (Phi) is 7.53. The third-order valence-electron chi connectivity index (χ3n) is 4.61. The molecule has 0 unspecified atom stereocenters. The predicted molar refractivity (Wildman–Crippen MR) is 83.5 cm³/mol. The summed E-state index contributed by atoms with van der Waals surface area (Å²) < 4.78 is 32.3. The van der Waals surface area contributed by atoms with Crippen molar-refractivity contribution in [1.29, 1.82) is 0 Å². The number of nitrogens with one attached hydrogen (secondary N) is 1. The fraction of sp³-hybridized carbons (Fsp3) is 1.00. The molecule has 26 heavy (non-hydrogen) atoms. The zero-order valence-corrected chi connectivity index (χ0v) is 15.2. The molecule has 7 N–H and O–H groups in total. The van der Waals surface area contributed by atoms with Gasteiger partial charge in [-0.1, -0.05) is 0 Å². The van der Waals surface area contributed by atoms with Gasteiger partial charge < -0.3 is 49.7 Å². The molecule has 0 spiro atoms. The van der Waals surface area contributed by atoms with Crippen molar-refractivity contribution in [2.75, 3.05) is 20.3 Å². The van der Waals surface area contributed by atoms with E-state index in [1.807, 2.05) is 0 Å². The number of rotatable bonds is 7. The molecule has 0 saturated carbocycles. The molecule has 0 aromatic carbocycles. The Morgan fingerprint density at radius 1 is 1.12 bits per heavy atom. The van der Waals surface area contributed by atoms with Crippen molar-refractivity contribution in [3.05, 3.63) is 0 Å². The van der Waals surface area contributed by atoms with Gasteiger partial charge in [-0.3, -0.25) is 4.52 Å². The number of phosphoric acid groups is 1. The van der Waals surface area contributed by atoms with E-state index in [0.717, 1.165) is 0 Å². The molecule has 12 nitrogen and oxygen atoms in total. The van der Waals surface area contributed by atoms with Gasteiger partial charge in [0.15, 0.2) is 12.6 Å². The molecular formula is C13H26NO11P. The summed E-state index contributed by atoms with van der Waals surface area (Å²) in [4.78, 5) is 18.2. The zero-order valence-electron chi connectivity index (χ0n) is 14.3. The van der Waals surface area contributed by atoms with Crippen LogP contribution in [0.15, 0.2) is 0 Å². The highest BCUT2D eigenvalue weighted by Gasteiger charge is 2.51. The third-order valence-corrected chi connectivity index (χ3v) is 5.13. The average molecular weight is 403 g/mol. The molecule has 9 atom stereocenters. The Morgan fingerprint density at radius 2 is 1.77 bits per heavy atom. The summed E-state index contributed by atoms with van der Waals surface area (Å²) in [6.07, 6.45) is -8.39. The Bertz CT molecular complexity index is 504. The minimum absolute atomic E-state index is 0.339. The number of aliphatic hydroxyl groups is 4. The smallest absolute Gasteiger partial charge is 0.396 e. The second-order valence-electron chi connectivity index (χ2n) is 6.27. The van der Waals surface area contributed by atoms with Gasteiger partial charge in [0.2, 0.25) is 0 Å². The Morgan fingerprint density at radius 3 is 2.27 bits per heavy atom. The number of aliphatic hydroxyl groups excluding tert-OH is 4. The minimum Gasteiger partial charge on any atom is -0.396 e. The lowest BCUT2D eigenvalue weighted by molar-refractivity contribution is -0.295. The van der Waals surface area contributed by atoms with Crippen LogP contribution in [-0.4, -0.2) is 99.6 Å². The second kappa shape index (κ2) is 8.86. The first-order chi connectivity index (χ1) is 12.1. The average Bonchev–Trinajstić information content (AvgIpc) is 2.82. The van der Waals surface area contributed by atoms with Gasteiger partial charge in [0.25, 0.3) is 0 Å². The van der Waals surface area contributed by atoms with Gasteiger partial charge in [-0.2, -0.15) is 0 Å². The van der Waals surface area contributed by atoms with Crippen molar-refractivity contribution >= 4 is 7.82 Å². The van der Waals surface area contributed by atoms with E-state index >= 15 is 0 Å². The van der Waals surface area contributed by atoms with Crippen LogP contribution in [0.1, 0.15) is 6.92 Å². The van der Waals surface area contributed by atoms with Crippen LogP contribution in [0.2, 0.25) is 0 Å². The molecule has 154 valence electrons. The van der Waals surface area contributed by atoms with Crippen molar-refractivity contribution in [1.82, 2.24) is 5.32 Å². The molecule has 2 saturated heterocycles. The molecular weight excluding hydrogens is 377 g/mol. The lowest BCUT2D eigenvalue weighted by atomic mass is 9.96. The van der Waals surface area contributed by atoms with Gasteiger partial charge in [0.1, 0.15) is 24.4 Å². The van der Waals surface area contributed by atoms with Crippen LogP contribution in [0.3, 0.4) is 0 Å². The number of ether oxygens (including phenoxy) is 3. The fourth-order valence-electron chi connectivity index (χ4n) is 3.22. The van der Waals surface area contributed by atoms with Crippen molar-refractivity contribution in [3.63, 3.8) is 0 Å². The number of hydrogen-bond donors (Lipinski definition) is 7. The van der Waals surface area contributed by atoms with Gasteiger partial charge in [-0.15, -0.1) is 0 Å². The SMILES string of the molecule is CN[C@@H]1[C@H](O[C@@H]2[C@@H](CO)[C@H](C)O[C@H]2O)O[C@@H](CO)[C@H](O)[C@H]1OP(=O)(O)O. The summed E-state index contributed by atoms with van der Waals surface area (Å²) in [6.45, 7) is 0.640. The van der Waals surface area contributed by atoms with Crippen LogP contribution in [0.4, 0.5) is 0 Å². The highest BCUT2D eigenvalue weighted by atomic mass is 31.2. The normalized spacial score (nSPS) is 44.4. The summed E-state index contributed by atoms with van der Waals surface area (Å²) in [6, 6.07) is -1.05. The van der Waals surface area contributed by atoms with Crippen LogP contribution in [-0.2, 0) is 23.3 Å². The summed E-state index contributed by atoms with van der Waals surface area (Å²) in [7, 11) is -3.54. The van der Waals surface area contributed by atoms with E-state index in [1.54, 1.807) is 6.92 Å². The van der Waals surface area contributed by atoms with Gasteiger partial charge in [0, 0.05) is 5.92 Å². The van der Waals surface area contributed by atoms with Crippen LogP contribution in [0, 0.1) is 5.92 Å². The molecule has 0 aromatic heterocycles. The van der Waals surface area contributed by atoms with E-state index in [4.69, 9.17) is 24.0 Å². The molecule has 2 heterocycles. The van der Waals surface area contributed by atoms with E-state index in [-0.39, 0.29) is 6.61 Å². The van der Waals surface area contributed by atoms with Crippen LogP contribution in [0.5, 0.6) is 0 Å². The first kappa shape index (κ1) is 22.1. The minimum atomic E-state index is -4.97.